The SMILES string of the molecule is N#Cc1ccc(CS(=O)(=O)CC(=O)NCCSc2ccccc2)cc1. The second-order valence-corrected chi connectivity index (χ2v) is 8.59. The van der Waals surface area contributed by atoms with E-state index in [1.54, 1.807) is 36.0 Å². The molecule has 0 aliphatic carbocycles. The van der Waals surface area contributed by atoms with Gasteiger partial charge in [-0.3, -0.25) is 4.79 Å². The molecule has 0 atom stereocenters. The van der Waals surface area contributed by atoms with Crippen molar-refractivity contribution in [3.8, 4) is 6.07 Å². The highest BCUT2D eigenvalue weighted by Gasteiger charge is 2.17. The topological polar surface area (TPSA) is 87.0 Å². The van der Waals surface area contributed by atoms with Crippen LogP contribution in [-0.4, -0.2) is 32.4 Å². The first-order valence-corrected chi connectivity index (χ1v) is 10.4. The van der Waals surface area contributed by atoms with E-state index in [2.05, 4.69) is 5.32 Å². The van der Waals surface area contributed by atoms with Crippen LogP contribution in [0, 0.1) is 11.3 Å². The number of hydrogen-bond acceptors (Lipinski definition) is 5. The highest BCUT2D eigenvalue weighted by atomic mass is 32.2. The van der Waals surface area contributed by atoms with Crippen LogP contribution in [0.1, 0.15) is 11.1 Å². The molecule has 130 valence electrons. The number of benzene rings is 2. The molecule has 25 heavy (non-hydrogen) atoms. The van der Waals surface area contributed by atoms with Crippen molar-refractivity contribution in [3.63, 3.8) is 0 Å². The fourth-order valence-corrected chi connectivity index (χ4v) is 4.20. The highest BCUT2D eigenvalue weighted by Crippen LogP contribution is 2.15. The van der Waals surface area contributed by atoms with Crippen LogP contribution in [0.3, 0.4) is 0 Å². The minimum atomic E-state index is -3.54. The van der Waals surface area contributed by atoms with Gasteiger partial charge in [-0.25, -0.2) is 8.42 Å². The van der Waals surface area contributed by atoms with E-state index in [1.807, 2.05) is 36.4 Å². The van der Waals surface area contributed by atoms with Gasteiger partial charge in [-0.2, -0.15) is 5.26 Å². The number of nitrogens with zero attached hydrogens (tertiary/aromatic N) is 1. The van der Waals surface area contributed by atoms with E-state index in [4.69, 9.17) is 5.26 Å². The van der Waals surface area contributed by atoms with Crippen LogP contribution < -0.4 is 5.32 Å². The summed E-state index contributed by atoms with van der Waals surface area (Å²) >= 11 is 1.60. The zero-order chi connectivity index (χ0) is 18.1. The van der Waals surface area contributed by atoms with E-state index in [0.717, 1.165) is 4.90 Å². The smallest absolute Gasteiger partial charge is 0.235 e. The largest absolute Gasteiger partial charge is 0.354 e. The summed E-state index contributed by atoms with van der Waals surface area (Å²) in [6, 6.07) is 18.1. The minimum absolute atomic E-state index is 0.217. The maximum absolute atomic E-state index is 12.1. The molecule has 7 heteroatoms. The number of hydrogen-bond donors (Lipinski definition) is 1. The molecule has 0 unspecified atom stereocenters. The lowest BCUT2D eigenvalue weighted by atomic mass is 10.2. The molecule has 1 amide bonds. The van der Waals surface area contributed by atoms with Gasteiger partial charge in [0.1, 0.15) is 5.75 Å². The number of amides is 1. The molecule has 0 aromatic heterocycles. The second kappa shape index (κ2) is 9.25. The van der Waals surface area contributed by atoms with E-state index in [-0.39, 0.29) is 5.75 Å². The molecule has 0 radical (unpaired) electrons. The molecular weight excluding hydrogens is 356 g/mol. The molecule has 0 aliphatic rings. The predicted molar refractivity (Wildman–Crippen MR) is 98.8 cm³/mol. The van der Waals surface area contributed by atoms with Crippen LogP contribution in [0.5, 0.6) is 0 Å². The van der Waals surface area contributed by atoms with Crippen LogP contribution in [-0.2, 0) is 20.4 Å². The van der Waals surface area contributed by atoms with Crippen molar-refractivity contribution in [2.45, 2.75) is 10.6 Å². The third kappa shape index (κ3) is 6.99. The molecular formula is C18H18N2O3S2. The molecule has 2 rings (SSSR count). The Morgan fingerprint density at radius 2 is 1.76 bits per heavy atom. The summed E-state index contributed by atoms with van der Waals surface area (Å²) in [4.78, 5) is 12.9. The molecule has 0 spiro atoms. The van der Waals surface area contributed by atoms with Crippen LogP contribution in [0.15, 0.2) is 59.5 Å². The van der Waals surface area contributed by atoms with Crippen molar-refractivity contribution in [3.05, 3.63) is 65.7 Å². The van der Waals surface area contributed by atoms with Gasteiger partial charge in [0.15, 0.2) is 9.84 Å². The first-order valence-electron chi connectivity index (χ1n) is 7.62. The Morgan fingerprint density at radius 3 is 2.40 bits per heavy atom. The van der Waals surface area contributed by atoms with Gasteiger partial charge in [0.05, 0.1) is 17.4 Å². The Kier molecular flexibility index (Phi) is 7.04. The molecule has 0 fully saturated rings. The summed E-state index contributed by atoms with van der Waals surface area (Å²) in [7, 11) is -3.54. The zero-order valence-electron chi connectivity index (χ0n) is 13.5. The standard InChI is InChI=1S/C18H18N2O3S2/c19-12-15-6-8-16(9-7-15)13-25(22,23)14-18(21)20-10-11-24-17-4-2-1-3-5-17/h1-9H,10-11,13-14H2,(H,20,21). The van der Waals surface area contributed by atoms with Crippen LogP contribution >= 0.6 is 11.8 Å². The quantitative estimate of drug-likeness (QED) is 0.566. The number of nitriles is 1. The summed E-state index contributed by atoms with van der Waals surface area (Å²) in [5.41, 5.74) is 1.03. The number of nitrogens with one attached hydrogen (secondary N) is 1. The van der Waals surface area contributed by atoms with Gasteiger partial charge in [0, 0.05) is 17.2 Å². The number of carbonyl (C=O) groups is 1. The lowest BCUT2D eigenvalue weighted by molar-refractivity contribution is -0.118. The van der Waals surface area contributed by atoms with Crippen LogP contribution in [0.4, 0.5) is 0 Å². The summed E-state index contributed by atoms with van der Waals surface area (Å²) < 4.78 is 24.2. The summed E-state index contributed by atoms with van der Waals surface area (Å²) in [5, 5.41) is 11.4. The number of rotatable bonds is 8. The van der Waals surface area contributed by atoms with Crippen molar-refractivity contribution in [1.82, 2.24) is 5.32 Å². The van der Waals surface area contributed by atoms with Crippen molar-refractivity contribution < 1.29 is 13.2 Å². The van der Waals surface area contributed by atoms with Crippen molar-refractivity contribution in [2.75, 3.05) is 18.1 Å². The minimum Gasteiger partial charge on any atom is -0.354 e. The predicted octanol–water partition coefficient (Wildman–Crippen LogP) is 2.38. The number of thioether (sulfide) groups is 1. The third-order valence-electron chi connectivity index (χ3n) is 3.26. The van der Waals surface area contributed by atoms with E-state index >= 15 is 0 Å². The Hall–Kier alpha value is -2.30. The van der Waals surface area contributed by atoms with Crippen LogP contribution in [0.2, 0.25) is 0 Å². The van der Waals surface area contributed by atoms with Gasteiger partial charge in [-0.1, -0.05) is 30.3 Å². The van der Waals surface area contributed by atoms with Gasteiger partial charge in [0.2, 0.25) is 5.91 Å². The molecule has 0 heterocycles. The highest BCUT2D eigenvalue weighted by molar-refractivity contribution is 7.99. The first kappa shape index (κ1) is 19.0. The summed E-state index contributed by atoms with van der Waals surface area (Å²) in [6.07, 6.45) is 0. The number of sulfone groups is 1. The normalized spacial score (nSPS) is 10.8. The number of carbonyl (C=O) groups excluding carboxylic acids is 1. The van der Waals surface area contributed by atoms with Gasteiger partial charge in [-0.15, -0.1) is 11.8 Å². The maximum atomic E-state index is 12.1. The molecule has 0 saturated carbocycles. The zero-order valence-corrected chi connectivity index (χ0v) is 15.1. The third-order valence-corrected chi connectivity index (χ3v) is 5.75. The second-order valence-electron chi connectivity index (χ2n) is 5.35. The lowest BCUT2D eigenvalue weighted by Crippen LogP contribution is -2.32. The molecule has 0 bridgehead atoms. The monoisotopic (exact) mass is 374 g/mol. The van der Waals surface area contributed by atoms with Gasteiger partial charge in [0.25, 0.3) is 0 Å². The molecule has 0 saturated heterocycles. The fraction of sp³-hybridized carbons (Fsp3) is 0.222. The van der Waals surface area contributed by atoms with Gasteiger partial charge >= 0.3 is 0 Å². The molecule has 5 nitrogen and oxygen atoms in total. The molecule has 0 aliphatic heterocycles. The molecule has 2 aromatic rings. The van der Waals surface area contributed by atoms with Crippen molar-refractivity contribution in [1.29, 1.82) is 5.26 Å². The van der Waals surface area contributed by atoms with E-state index in [1.165, 1.54) is 0 Å². The average molecular weight is 374 g/mol. The van der Waals surface area contributed by atoms with Crippen LogP contribution in [0.25, 0.3) is 0 Å². The Bertz CT molecular complexity index is 842. The first-order chi connectivity index (χ1) is 12.0. The molecule has 1 N–H and O–H groups in total. The van der Waals surface area contributed by atoms with Crippen molar-refractivity contribution >= 4 is 27.5 Å². The Labute approximate surface area is 152 Å². The van der Waals surface area contributed by atoms with E-state index in [0.29, 0.717) is 23.4 Å². The summed E-state index contributed by atoms with van der Waals surface area (Å²) in [5.74, 6) is -0.582. The molecule has 2 aromatic carbocycles. The summed E-state index contributed by atoms with van der Waals surface area (Å²) in [6.45, 7) is 0.408. The van der Waals surface area contributed by atoms with E-state index < -0.39 is 21.5 Å². The Balaban J connectivity index is 1.75. The van der Waals surface area contributed by atoms with Gasteiger partial charge < -0.3 is 5.32 Å². The van der Waals surface area contributed by atoms with Crippen molar-refractivity contribution in [2.24, 2.45) is 0 Å². The maximum Gasteiger partial charge on any atom is 0.235 e. The lowest BCUT2D eigenvalue weighted by Gasteiger charge is -2.07. The van der Waals surface area contributed by atoms with Gasteiger partial charge in [-0.05, 0) is 29.8 Å². The average Bonchev–Trinajstić information content (AvgIpc) is 2.59. The fourth-order valence-electron chi connectivity index (χ4n) is 2.11. The van der Waals surface area contributed by atoms with E-state index in [9.17, 15) is 13.2 Å². The Morgan fingerprint density at radius 1 is 1.08 bits per heavy atom.